The minimum atomic E-state index is 0.00807. The van der Waals surface area contributed by atoms with Crippen LogP contribution >= 0.6 is 0 Å². The molecule has 92 valence electrons. The summed E-state index contributed by atoms with van der Waals surface area (Å²) in [5.74, 6) is 0. The molecule has 3 rings (SSSR count). The molecule has 3 aromatic rings. The zero-order valence-corrected chi connectivity index (χ0v) is 10.7. The topological polar surface area (TPSA) is 0 Å². The minimum absolute atomic E-state index is 0.00807. The lowest BCUT2D eigenvalue weighted by molar-refractivity contribution is 1.47. The molecular formula is C19H16. The van der Waals surface area contributed by atoms with Gasteiger partial charge < -0.3 is 0 Å². The third kappa shape index (κ3) is 2.58. The van der Waals surface area contributed by atoms with Crippen molar-refractivity contribution in [2.75, 3.05) is 0 Å². The van der Waals surface area contributed by atoms with Gasteiger partial charge in [0.15, 0.2) is 0 Å². The summed E-state index contributed by atoms with van der Waals surface area (Å²) in [4.78, 5) is 0. The Labute approximate surface area is 120 Å². The first-order chi connectivity index (χ1) is 11.0. The SMILES string of the molecule is [2H]c1c([2H])c(-c2cccc(-c3ccccc3)c2)c([2H])c([2H])c1C. The second-order valence-electron chi connectivity index (χ2n) is 4.45. The van der Waals surface area contributed by atoms with E-state index >= 15 is 0 Å². The van der Waals surface area contributed by atoms with E-state index in [-0.39, 0.29) is 24.2 Å². The molecule has 0 saturated heterocycles. The monoisotopic (exact) mass is 248 g/mol. The summed E-state index contributed by atoms with van der Waals surface area (Å²) in [6.07, 6.45) is 0. The average molecular weight is 248 g/mol. The Bertz CT molecular complexity index is 841. The van der Waals surface area contributed by atoms with Crippen molar-refractivity contribution in [3.63, 3.8) is 0 Å². The van der Waals surface area contributed by atoms with Crippen LogP contribution in [0.2, 0.25) is 0 Å². The summed E-state index contributed by atoms with van der Waals surface area (Å²) in [5, 5.41) is 0. The smallest absolute Gasteiger partial charge is 0.0622 e. The fourth-order valence-electron chi connectivity index (χ4n) is 2.00. The Kier molecular flexibility index (Phi) is 2.14. The number of hydrogen-bond donors (Lipinski definition) is 0. The van der Waals surface area contributed by atoms with Gasteiger partial charge in [0.1, 0.15) is 0 Å². The van der Waals surface area contributed by atoms with E-state index in [1.807, 2.05) is 54.6 Å². The van der Waals surface area contributed by atoms with E-state index in [1.54, 1.807) is 6.92 Å². The van der Waals surface area contributed by atoms with Crippen LogP contribution in [0.5, 0.6) is 0 Å². The minimum Gasteiger partial charge on any atom is -0.0622 e. The van der Waals surface area contributed by atoms with Gasteiger partial charge in [0, 0.05) is 0 Å². The molecule has 0 heterocycles. The highest BCUT2D eigenvalue weighted by atomic mass is 14.1. The maximum atomic E-state index is 8.20. The molecule has 0 radical (unpaired) electrons. The lowest BCUT2D eigenvalue weighted by atomic mass is 9.99. The maximum Gasteiger partial charge on any atom is 0.0629 e. The standard InChI is InChI=1S/C19H16/c1-15-10-12-17(13-11-15)19-9-5-8-18(14-19)16-6-3-2-4-7-16/h2-14H,1H3/i10D,11D,12D,13D. The second-order valence-corrected chi connectivity index (χ2v) is 4.45. The van der Waals surface area contributed by atoms with Gasteiger partial charge in [-0.3, -0.25) is 0 Å². The van der Waals surface area contributed by atoms with Gasteiger partial charge in [0.2, 0.25) is 0 Å². The van der Waals surface area contributed by atoms with Crippen LogP contribution in [-0.4, -0.2) is 0 Å². The maximum absolute atomic E-state index is 8.20. The van der Waals surface area contributed by atoms with Gasteiger partial charge in [-0.1, -0.05) is 78.3 Å². The molecule has 0 nitrogen and oxygen atoms in total. The molecule has 0 spiro atoms. The van der Waals surface area contributed by atoms with Gasteiger partial charge in [-0.05, 0) is 35.2 Å². The van der Waals surface area contributed by atoms with Crippen LogP contribution in [0.15, 0.2) is 78.8 Å². The van der Waals surface area contributed by atoms with E-state index in [0.717, 1.165) is 11.1 Å². The molecule has 0 aliphatic rings. The summed E-state index contributed by atoms with van der Waals surface area (Å²) in [7, 11) is 0. The zero-order chi connectivity index (χ0) is 16.6. The van der Waals surface area contributed by atoms with E-state index in [4.69, 9.17) is 5.48 Å². The van der Waals surface area contributed by atoms with Crippen molar-refractivity contribution in [1.82, 2.24) is 0 Å². The molecule has 0 atom stereocenters. The Hall–Kier alpha value is -2.34. The van der Waals surface area contributed by atoms with E-state index in [0.29, 0.717) is 16.7 Å². The van der Waals surface area contributed by atoms with Gasteiger partial charge in [0.25, 0.3) is 0 Å². The zero-order valence-electron chi connectivity index (χ0n) is 14.7. The van der Waals surface area contributed by atoms with Crippen LogP contribution in [0.3, 0.4) is 0 Å². The lowest BCUT2D eigenvalue weighted by Gasteiger charge is -2.06. The molecule has 0 unspecified atom stereocenters. The fraction of sp³-hybridized carbons (Fsp3) is 0.0526. The molecule has 19 heavy (non-hydrogen) atoms. The summed E-state index contributed by atoms with van der Waals surface area (Å²) < 4.78 is 32.4. The van der Waals surface area contributed by atoms with Crippen molar-refractivity contribution in [3.8, 4) is 22.3 Å². The van der Waals surface area contributed by atoms with Crippen molar-refractivity contribution >= 4 is 0 Å². The normalized spacial score (nSPS) is 13.3. The van der Waals surface area contributed by atoms with E-state index in [1.165, 1.54) is 0 Å². The first-order valence-corrected chi connectivity index (χ1v) is 6.23. The predicted molar refractivity (Wildman–Crippen MR) is 82.1 cm³/mol. The summed E-state index contributed by atoms with van der Waals surface area (Å²) in [6, 6.07) is 17.5. The Balaban J connectivity index is 2.21. The number of rotatable bonds is 2. The number of benzene rings is 3. The molecule has 0 amide bonds. The van der Waals surface area contributed by atoms with Crippen molar-refractivity contribution in [1.29, 1.82) is 0 Å². The Morgan fingerprint density at radius 3 is 1.89 bits per heavy atom. The molecule has 0 aromatic heterocycles. The average Bonchev–Trinajstić information content (AvgIpc) is 2.59. The van der Waals surface area contributed by atoms with Gasteiger partial charge in [-0.2, -0.15) is 0 Å². The molecule has 0 saturated carbocycles. The summed E-state index contributed by atoms with van der Waals surface area (Å²) in [6.45, 7) is 1.62. The van der Waals surface area contributed by atoms with Gasteiger partial charge in [0.05, 0.1) is 5.48 Å². The highest BCUT2D eigenvalue weighted by Gasteiger charge is 2.00. The molecule has 3 aromatic carbocycles. The van der Waals surface area contributed by atoms with E-state index in [2.05, 4.69) is 0 Å². The quantitative estimate of drug-likeness (QED) is 0.575. The molecule has 0 fully saturated rings. The third-order valence-electron chi connectivity index (χ3n) is 3.01. The van der Waals surface area contributed by atoms with Gasteiger partial charge in [-0.15, -0.1) is 0 Å². The molecule has 0 aliphatic heterocycles. The fourth-order valence-corrected chi connectivity index (χ4v) is 2.00. The third-order valence-corrected chi connectivity index (χ3v) is 3.01. The van der Waals surface area contributed by atoms with Crippen LogP contribution in [0.1, 0.15) is 11.0 Å². The Morgan fingerprint density at radius 1 is 0.632 bits per heavy atom. The van der Waals surface area contributed by atoms with Crippen molar-refractivity contribution in [2.24, 2.45) is 0 Å². The molecule has 0 N–H and O–H groups in total. The van der Waals surface area contributed by atoms with Crippen LogP contribution in [0, 0.1) is 6.92 Å². The van der Waals surface area contributed by atoms with E-state index in [9.17, 15) is 0 Å². The first kappa shape index (κ1) is 7.96. The Morgan fingerprint density at radius 2 is 1.21 bits per heavy atom. The van der Waals surface area contributed by atoms with Gasteiger partial charge >= 0.3 is 0 Å². The molecular weight excluding hydrogens is 228 g/mol. The molecule has 0 bridgehead atoms. The molecule has 0 heteroatoms. The second kappa shape index (κ2) is 5.11. The van der Waals surface area contributed by atoms with Crippen LogP contribution in [0.4, 0.5) is 0 Å². The molecule has 0 aliphatic carbocycles. The first-order valence-electron chi connectivity index (χ1n) is 8.23. The highest BCUT2D eigenvalue weighted by molar-refractivity contribution is 5.73. The van der Waals surface area contributed by atoms with Crippen LogP contribution in [0.25, 0.3) is 22.3 Å². The largest absolute Gasteiger partial charge is 0.0629 e. The highest BCUT2D eigenvalue weighted by Crippen LogP contribution is 2.26. The lowest BCUT2D eigenvalue weighted by Crippen LogP contribution is -1.81. The predicted octanol–water partition coefficient (Wildman–Crippen LogP) is 5.33. The van der Waals surface area contributed by atoms with Crippen LogP contribution < -0.4 is 0 Å². The summed E-state index contributed by atoms with van der Waals surface area (Å²) >= 11 is 0. The van der Waals surface area contributed by atoms with E-state index < -0.39 is 0 Å². The van der Waals surface area contributed by atoms with Crippen molar-refractivity contribution in [2.45, 2.75) is 6.92 Å². The van der Waals surface area contributed by atoms with Gasteiger partial charge in [-0.25, -0.2) is 0 Å². The van der Waals surface area contributed by atoms with Crippen molar-refractivity contribution in [3.05, 3.63) is 84.3 Å². The van der Waals surface area contributed by atoms with Crippen LogP contribution in [-0.2, 0) is 0 Å². The number of hydrogen-bond acceptors (Lipinski definition) is 0. The summed E-state index contributed by atoms with van der Waals surface area (Å²) in [5.41, 5.74) is 3.46. The van der Waals surface area contributed by atoms with Crippen molar-refractivity contribution < 1.29 is 5.48 Å².